The van der Waals surface area contributed by atoms with Gasteiger partial charge in [0.25, 0.3) is 17.5 Å². The number of primary amides is 1. The lowest BCUT2D eigenvalue weighted by atomic mass is 9.59. The molecule has 1 spiro atoms. The van der Waals surface area contributed by atoms with Gasteiger partial charge in [-0.25, -0.2) is 17.2 Å². The van der Waals surface area contributed by atoms with Crippen molar-refractivity contribution in [3.05, 3.63) is 93.7 Å². The van der Waals surface area contributed by atoms with Gasteiger partial charge in [-0.3, -0.25) is 19.8 Å². The largest absolute Gasteiger partial charge is 0.489 e. The molecule has 0 radical (unpaired) electrons. The molecule has 7 aliphatic rings. The van der Waals surface area contributed by atoms with Crippen molar-refractivity contribution in [2.24, 2.45) is 11.1 Å². The normalized spacial score (nSPS) is 24.9. The summed E-state index contributed by atoms with van der Waals surface area (Å²) >= 11 is 0. The number of nitrogens with one attached hydrogen (secondary N) is 2. The SMILES string of the molecule is CC(C)c1ccccc1[C@@H]1CCCN1C1CC2(CCN(c3ccc(C(N)=O)c(N4c5cc6cc[nH]c6nc5O[C@H]5COC[C@@H]54)c3S(=O)(=O)c3cc4c(c([N+](=O)[O-])c3)N[C@@H](CN3CCC(F)(F)CC3)CO4)CC2)C1. The van der Waals surface area contributed by atoms with Crippen LogP contribution >= 0.6 is 0 Å². The number of anilines is 4. The molecule has 4 atom stereocenters. The molecule has 1 amide bonds. The topological polar surface area (TPSA) is 202 Å². The molecule has 73 heavy (non-hydrogen) atoms. The third kappa shape index (κ3) is 8.41. The minimum Gasteiger partial charge on any atom is -0.489 e. The molecule has 5 aromatic rings. The molecule has 5 fully saturated rings. The van der Waals surface area contributed by atoms with Crippen molar-refractivity contribution in [1.82, 2.24) is 19.8 Å². The third-order valence-electron chi connectivity index (χ3n) is 16.9. The van der Waals surface area contributed by atoms with Gasteiger partial charge in [0.1, 0.15) is 28.9 Å². The number of sulfone groups is 1. The van der Waals surface area contributed by atoms with E-state index in [1.165, 1.54) is 17.2 Å². The van der Waals surface area contributed by atoms with E-state index in [0.717, 1.165) is 51.1 Å². The van der Waals surface area contributed by atoms with Gasteiger partial charge >= 0.3 is 0 Å². The van der Waals surface area contributed by atoms with Gasteiger partial charge in [0.2, 0.25) is 15.7 Å². The zero-order valence-corrected chi connectivity index (χ0v) is 41.8. The number of aromatic nitrogens is 2. The highest BCUT2D eigenvalue weighted by Crippen LogP contribution is 2.56. The van der Waals surface area contributed by atoms with E-state index in [-0.39, 0.29) is 84.6 Å². The Kier molecular flexibility index (Phi) is 11.9. The first-order valence-corrected chi connectivity index (χ1v) is 27.2. The second-order valence-corrected chi connectivity index (χ2v) is 23.5. The quantitative estimate of drug-likeness (QED) is 0.0842. The van der Waals surface area contributed by atoms with Crippen molar-refractivity contribution in [1.29, 1.82) is 0 Å². The van der Waals surface area contributed by atoms with E-state index in [1.54, 1.807) is 23.2 Å². The summed E-state index contributed by atoms with van der Waals surface area (Å²) in [7, 11) is -4.83. The number of likely N-dealkylation sites (tertiary alicyclic amines) is 2. The van der Waals surface area contributed by atoms with Gasteiger partial charge in [-0.15, -0.1) is 0 Å². The van der Waals surface area contributed by atoms with Crippen LogP contribution < -0.4 is 30.3 Å². The summed E-state index contributed by atoms with van der Waals surface area (Å²) < 4.78 is 78.8. The maximum Gasteiger partial charge on any atom is 0.297 e. The predicted octanol–water partition coefficient (Wildman–Crippen LogP) is 8.31. The van der Waals surface area contributed by atoms with E-state index in [0.29, 0.717) is 60.0 Å². The minimum atomic E-state index is -4.83. The van der Waals surface area contributed by atoms with Crippen molar-refractivity contribution in [3.63, 3.8) is 0 Å². The molecule has 4 N–H and O–H groups in total. The Bertz CT molecular complexity index is 3110. The molecule has 2 aromatic heterocycles. The Morgan fingerprint density at radius 3 is 2.51 bits per heavy atom. The summed E-state index contributed by atoms with van der Waals surface area (Å²) in [6, 6.07) is 17.8. The van der Waals surface area contributed by atoms with Crippen LogP contribution in [0.5, 0.6) is 11.6 Å². The van der Waals surface area contributed by atoms with Crippen LogP contribution in [0, 0.1) is 15.5 Å². The number of pyridine rings is 1. The Hall–Kier alpha value is -6.09. The molecule has 6 aliphatic heterocycles. The first kappa shape index (κ1) is 47.9. The zero-order valence-electron chi connectivity index (χ0n) is 41.0. The lowest BCUT2D eigenvalue weighted by Gasteiger charge is -2.56. The summed E-state index contributed by atoms with van der Waals surface area (Å²) in [4.78, 5) is 41.9. The molecule has 3 aromatic carbocycles. The van der Waals surface area contributed by atoms with Gasteiger partial charge in [-0.2, -0.15) is 4.98 Å². The van der Waals surface area contributed by atoms with Crippen LogP contribution in [0.3, 0.4) is 0 Å². The third-order valence-corrected chi connectivity index (χ3v) is 18.7. The van der Waals surface area contributed by atoms with Crippen LogP contribution in [-0.4, -0.2) is 128 Å². The Morgan fingerprint density at radius 2 is 1.75 bits per heavy atom. The molecule has 0 bridgehead atoms. The van der Waals surface area contributed by atoms with Crippen LogP contribution in [0.25, 0.3) is 11.0 Å². The number of hydrogen-bond donors (Lipinski definition) is 3. The van der Waals surface area contributed by atoms with Crippen LogP contribution in [0.4, 0.5) is 37.2 Å². The number of alkyl halides is 2. The molecule has 17 nitrogen and oxygen atoms in total. The molecule has 4 saturated heterocycles. The molecule has 0 unspecified atom stereocenters. The summed E-state index contributed by atoms with van der Waals surface area (Å²) in [5.74, 6) is -3.03. The van der Waals surface area contributed by atoms with Gasteiger partial charge in [-0.1, -0.05) is 38.1 Å². The number of carbonyl (C=O) groups excluding carboxylic acids is 1. The number of piperidine rings is 2. The maximum atomic E-state index is 16.1. The number of benzene rings is 3. The number of fused-ring (bicyclic) bond motifs is 4. The first-order chi connectivity index (χ1) is 35.1. The van der Waals surface area contributed by atoms with E-state index in [9.17, 15) is 23.7 Å². The fourth-order valence-corrected chi connectivity index (χ4v) is 14.8. The van der Waals surface area contributed by atoms with Crippen molar-refractivity contribution in [2.75, 3.05) is 74.2 Å². The van der Waals surface area contributed by atoms with Crippen molar-refractivity contribution < 1.29 is 41.1 Å². The zero-order chi connectivity index (χ0) is 50.6. The fraction of sp³-hybridized carbons (Fsp3) is 0.509. The maximum absolute atomic E-state index is 16.1. The Balaban J connectivity index is 0.923. The van der Waals surface area contributed by atoms with E-state index in [1.807, 2.05) is 17.0 Å². The first-order valence-electron chi connectivity index (χ1n) is 25.7. The average Bonchev–Trinajstić information content (AvgIpc) is 4.16. The lowest BCUT2D eigenvalue weighted by molar-refractivity contribution is -0.384. The highest BCUT2D eigenvalue weighted by Gasteiger charge is 2.52. The lowest BCUT2D eigenvalue weighted by Crippen LogP contribution is -2.55. The molecule has 1 saturated carbocycles. The number of nitro benzene ring substituents is 1. The van der Waals surface area contributed by atoms with E-state index in [2.05, 4.69) is 58.2 Å². The summed E-state index contributed by atoms with van der Waals surface area (Å²) in [6.45, 7) is 7.53. The summed E-state index contributed by atoms with van der Waals surface area (Å²) in [6.07, 6.45) is 6.57. The van der Waals surface area contributed by atoms with Crippen molar-refractivity contribution >= 4 is 55.2 Å². The van der Waals surface area contributed by atoms with Crippen molar-refractivity contribution in [3.8, 4) is 11.6 Å². The molecule has 8 heterocycles. The number of carbonyl (C=O) groups is 1. The Morgan fingerprint density at radius 1 is 0.973 bits per heavy atom. The minimum absolute atomic E-state index is 0.00248. The second-order valence-electron chi connectivity index (χ2n) is 21.6. The molecular weight excluding hydrogens is 961 g/mol. The molecule has 1 aliphatic carbocycles. The standard InChI is InChI=1S/C53H61F2N9O8S/c1-31(2)36-6-3-4-7-37(36)39-8-5-17-62(39)34-25-52(26-34)12-20-61(21-13-52)40-10-9-38(49(56)65)47(63-42-22-32-11-16-57-50(32)59-51(42)72-45-30-70-29-43(45)63)48(40)73(68,69)35-23-41(64(66)67)46-44(24-35)71-28-33(58-46)27-60-18-14-53(54,55)15-19-60/h3-4,6-7,9-11,16,22-24,31,33-34,39,43,45,58H,5,8,12-15,17-21,25-30H2,1-2H3,(H2,56,65)(H,57,59)/t33-,39-,43-,45-/m0/s1. The molecule has 12 rings (SSSR count). The number of H-pyrrole nitrogens is 1. The van der Waals surface area contributed by atoms with Crippen molar-refractivity contribution in [2.45, 2.75) is 117 Å². The second kappa shape index (κ2) is 18.1. The van der Waals surface area contributed by atoms with E-state index in [4.69, 9.17) is 24.9 Å². The summed E-state index contributed by atoms with van der Waals surface area (Å²) in [5, 5.41) is 16.9. The van der Waals surface area contributed by atoms with Crippen LogP contribution in [0.1, 0.15) is 98.7 Å². The number of nitrogens with two attached hydrogens (primary N) is 1. The monoisotopic (exact) mass is 1020 g/mol. The van der Waals surface area contributed by atoms with Crippen LogP contribution in [-0.2, 0) is 14.6 Å². The fourth-order valence-electron chi connectivity index (χ4n) is 13.1. The number of hydrogen-bond acceptors (Lipinski definition) is 14. The number of rotatable bonds is 11. The van der Waals surface area contributed by atoms with E-state index < -0.39 is 55.4 Å². The summed E-state index contributed by atoms with van der Waals surface area (Å²) in [5.41, 5.74) is 9.84. The number of halogens is 2. The van der Waals surface area contributed by atoms with Gasteiger partial charge in [0, 0.05) is 81.4 Å². The Labute approximate surface area is 422 Å². The number of aromatic amines is 1. The average molecular weight is 1020 g/mol. The number of nitro groups is 1. The highest BCUT2D eigenvalue weighted by atomic mass is 32.2. The van der Waals surface area contributed by atoms with Gasteiger partial charge in [0.05, 0.1) is 52.1 Å². The molecular formula is C53H61F2N9O8S. The predicted molar refractivity (Wildman–Crippen MR) is 270 cm³/mol. The van der Waals surface area contributed by atoms with Gasteiger partial charge in [0.15, 0.2) is 11.4 Å². The smallest absolute Gasteiger partial charge is 0.297 e. The number of amides is 1. The molecule has 20 heteroatoms. The highest BCUT2D eigenvalue weighted by molar-refractivity contribution is 7.91. The van der Waals surface area contributed by atoms with Gasteiger partial charge < -0.3 is 44.9 Å². The van der Waals surface area contributed by atoms with Crippen LogP contribution in [0.15, 0.2) is 76.7 Å². The molecule has 386 valence electrons. The van der Waals surface area contributed by atoms with Gasteiger partial charge in [-0.05, 0) is 91.8 Å². The number of nitrogens with zero attached hydrogens (tertiary/aromatic N) is 6. The van der Waals surface area contributed by atoms with Crippen LogP contribution in [0.2, 0.25) is 0 Å². The van der Waals surface area contributed by atoms with E-state index >= 15 is 8.42 Å². The number of ether oxygens (including phenoxy) is 3.